The highest BCUT2D eigenvalue weighted by atomic mass is 16.3. The lowest BCUT2D eigenvalue weighted by Crippen LogP contribution is -2.34. The highest BCUT2D eigenvalue weighted by Gasteiger charge is 2.24. The number of nitrogens with zero attached hydrogens (tertiary/aromatic N) is 2. The van der Waals surface area contributed by atoms with Gasteiger partial charge in [0.15, 0.2) is 0 Å². The fourth-order valence-electron chi connectivity index (χ4n) is 2.48. The van der Waals surface area contributed by atoms with Crippen molar-refractivity contribution < 1.29 is 14.7 Å². The zero-order valence-electron chi connectivity index (χ0n) is 13.8. The summed E-state index contributed by atoms with van der Waals surface area (Å²) in [5, 5.41) is 16.7. The molecule has 1 amide bonds. The quantitative estimate of drug-likeness (QED) is 0.645. The summed E-state index contributed by atoms with van der Waals surface area (Å²) < 4.78 is 1.57. The molecule has 0 fully saturated rings. The summed E-state index contributed by atoms with van der Waals surface area (Å²) >= 11 is 0. The maximum absolute atomic E-state index is 12.3. The second-order valence-electron chi connectivity index (χ2n) is 5.64. The molecule has 122 valence electrons. The van der Waals surface area contributed by atoms with Crippen LogP contribution in [0.25, 0.3) is 0 Å². The Kier molecular flexibility index (Phi) is 4.95. The van der Waals surface area contributed by atoms with Crippen LogP contribution in [-0.2, 0) is 11.8 Å². The Balaban J connectivity index is 2.03. The predicted molar refractivity (Wildman–Crippen MR) is 86.2 cm³/mol. The molecule has 6 heteroatoms. The van der Waals surface area contributed by atoms with E-state index in [0.717, 1.165) is 5.56 Å². The molecular formula is C17H21N3O3. The molecule has 1 unspecified atom stereocenters. The van der Waals surface area contributed by atoms with E-state index < -0.39 is 17.8 Å². The molecule has 0 aliphatic heterocycles. The van der Waals surface area contributed by atoms with E-state index in [2.05, 4.69) is 10.4 Å². The number of rotatable bonds is 5. The summed E-state index contributed by atoms with van der Waals surface area (Å²) in [5.74, 6) is -1.37. The molecule has 0 aliphatic carbocycles. The van der Waals surface area contributed by atoms with Crippen molar-refractivity contribution in [2.45, 2.75) is 26.9 Å². The van der Waals surface area contributed by atoms with E-state index in [4.69, 9.17) is 0 Å². The van der Waals surface area contributed by atoms with E-state index in [1.807, 2.05) is 25.1 Å². The van der Waals surface area contributed by atoms with Crippen molar-refractivity contribution in [3.05, 3.63) is 52.3 Å². The van der Waals surface area contributed by atoms with Gasteiger partial charge in [0.25, 0.3) is 11.7 Å². The lowest BCUT2D eigenvalue weighted by Gasteiger charge is -2.12. The van der Waals surface area contributed by atoms with Crippen molar-refractivity contribution in [1.29, 1.82) is 0 Å². The molecule has 0 bridgehead atoms. The Labute approximate surface area is 135 Å². The molecule has 0 aliphatic rings. The summed E-state index contributed by atoms with van der Waals surface area (Å²) in [6, 6.07) is 7.38. The van der Waals surface area contributed by atoms with E-state index in [1.54, 1.807) is 31.6 Å². The average Bonchev–Trinajstić information content (AvgIpc) is 2.76. The first-order chi connectivity index (χ1) is 10.8. The summed E-state index contributed by atoms with van der Waals surface area (Å²) in [4.78, 5) is 24.3. The number of amides is 1. The topological polar surface area (TPSA) is 84.2 Å². The van der Waals surface area contributed by atoms with Crippen molar-refractivity contribution in [3.8, 4) is 0 Å². The van der Waals surface area contributed by atoms with E-state index in [0.29, 0.717) is 22.5 Å². The number of carbonyl (C=O) groups excluding carboxylic acids is 2. The Bertz CT molecular complexity index is 750. The number of hydrogen-bond donors (Lipinski definition) is 2. The van der Waals surface area contributed by atoms with Gasteiger partial charge in [0.1, 0.15) is 0 Å². The van der Waals surface area contributed by atoms with Gasteiger partial charge in [-0.3, -0.25) is 14.3 Å². The van der Waals surface area contributed by atoms with Gasteiger partial charge in [-0.25, -0.2) is 0 Å². The van der Waals surface area contributed by atoms with Crippen molar-refractivity contribution >= 4 is 11.7 Å². The summed E-state index contributed by atoms with van der Waals surface area (Å²) in [7, 11) is 1.72. The minimum atomic E-state index is -0.859. The summed E-state index contributed by atoms with van der Waals surface area (Å²) in [5.41, 5.74) is 3.19. The van der Waals surface area contributed by atoms with Gasteiger partial charge in [0.2, 0.25) is 0 Å². The van der Waals surface area contributed by atoms with Crippen molar-refractivity contribution in [2.24, 2.45) is 7.05 Å². The zero-order chi connectivity index (χ0) is 17.1. The monoisotopic (exact) mass is 315 g/mol. The van der Waals surface area contributed by atoms with Gasteiger partial charge in [-0.1, -0.05) is 29.8 Å². The number of aliphatic hydroxyl groups is 1. The van der Waals surface area contributed by atoms with Crippen LogP contribution in [0.4, 0.5) is 0 Å². The maximum Gasteiger partial charge on any atom is 0.292 e. The van der Waals surface area contributed by atoms with Crippen molar-refractivity contribution in [1.82, 2.24) is 15.1 Å². The Morgan fingerprint density at radius 2 is 2.00 bits per heavy atom. The van der Waals surface area contributed by atoms with Crippen LogP contribution in [0, 0.1) is 20.8 Å². The molecule has 1 heterocycles. The SMILES string of the molecule is Cc1cccc(C(O)CNC(=O)C(=O)c2c(C)nn(C)c2C)c1. The molecule has 2 rings (SSSR count). The van der Waals surface area contributed by atoms with E-state index in [-0.39, 0.29) is 6.54 Å². The molecule has 0 spiro atoms. The lowest BCUT2D eigenvalue weighted by atomic mass is 10.1. The highest BCUT2D eigenvalue weighted by Crippen LogP contribution is 2.15. The Morgan fingerprint density at radius 1 is 1.30 bits per heavy atom. The standard InChI is InChI=1S/C17H21N3O3/c1-10-6-5-7-13(8-10)14(21)9-18-17(23)16(22)15-11(2)19-20(4)12(15)3/h5-8,14,21H,9H2,1-4H3,(H,18,23). The van der Waals surface area contributed by atoms with Gasteiger partial charge in [-0.05, 0) is 26.3 Å². The van der Waals surface area contributed by atoms with Crippen LogP contribution in [0.5, 0.6) is 0 Å². The number of aryl methyl sites for hydroxylation is 3. The molecule has 1 atom stereocenters. The van der Waals surface area contributed by atoms with Crippen LogP contribution in [0.1, 0.15) is 39.0 Å². The van der Waals surface area contributed by atoms with Crippen LogP contribution in [0.15, 0.2) is 24.3 Å². The third-order valence-electron chi connectivity index (χ3n) is 3.83. The van der Waals surface area contributed by atoms with Gasteiger partial charge >= 0.3 is 0 Å². The fourth-order valence-corrected chi connectivity index (χ4v) is 2.48. The molecule has 23 heavy (non-hydrogen) atoms. The number of benzene rings is 1. The summed E-state index contributed by atoms with van der Waals surface area (Å²) in [6.45, 7) is 5.33. The molecule has 1 aromatic carbocycles. The molecule has 0 saturated carbocycles. The smallest absolute Gasteiger partial charge is 0.292 e. The third kappa shape index (κ3) is 3.65. The number of nitrogens with one attached hydrogen (secondary N) is 1. The lowest BCUT2D eigenvalue weighted by molar-refractivity contribution is -0.117. The Hall–Kier alpha value is -2.47. The van der Waals surface area contributed by atoms with Gasteiger partial charge < -0.3 is 10.4 Å². The first kappa shape index (κ1) is 16.9. The first-order valence-corrected chi connectivity index (χ1v) is 7.38. The molecular weight excluding hydrogens is 294 g/mol. The normalized spacial score (nSPS) is 12.0. The number of aliphatic hydroxyl groups excluding tert-OH is 1. The number of ketones is 1. The van der Waals surface area contributed by atoms with E-state index >= 15 is 0 Å². The van der Waals surface area contributed by atoms with Gasteiger partial charge in [0, 0.05) is 19.3 Å². The van der Waals surface area contributed by atoms with Gasteiger partial charge in [-0.2, -0.15) is 5.10 Å². The second-order valence-corrected chi connectivity index (χ2v) is 5.64. The third-order valence-corrected chi connectivity index (χ3v) is 3.83. The molecule has 2 aromatic rings. The zero-order valence-corrected chi connectivity index (χ0v) is 13.8. The largest absolute Gasteiger partial charge is 0.387 e. The number of aromatic nitrogens is 2. The number of hydrogen-bond acceptors (Lipinski definition) is 4. The second kappa shape index (κ2) is 6.75. The number of Topliss-reactive ketones (excluding diaryl/α,β-unsaturated/α-hetero) is 1. The maximum atomic E-state index is 12.3. The van der Waals surface area contributed by atoms with Crippen molar-refractivity contribution in [3.63, 3.8) is 0 Å². The van der Waals surface area contributed by atoms with Crippen LogP contribution in [-0.4, -0.2) is 33.1 Å². The molecule has 0 radical (unpaired) electrons. The van der Waals surface area contributed by atoms with Crippen molar-refractivity contribution in [2.75, 3.05) is 6.54 Å². The molecule has 1 aromatic heterocycles. The highest BCUT2D eigenvalue weighted by molar-refractivity contribution is 6.43. The molecule has 6 nitrogen and oxygen atoms in total. The number of carbonyl (C=O) groups is 2. The molecule has 0 saturated heterocycles. The average molecular weight is 315 g/mol. The van der Waals surface area contributed by atoms with Crippen LogP contribution in [0.2, 0.25) is 0 Å². The Morgan fingerprint density at radius 3 is 2.57 bits per heavy atom. The predicted octanol–water partition coefficient (Wildman–Crippen LogP) is 1.38. The van der Waals surface area contributed by atoms with E-state index in [1.165, 1.54) is 0 Å². The first-order valence-electron chi connectivity index (χ1n) is 7.38. The summed E-state index contributed by atoms with van der Waals surface area (Å²) in [6.07, 6.45) is -0.859. The fraction of sp³-hybridized carbons (Fsp3) is 0.353. The van der Waals surface area contributed by atoms with Crippen LogP contribution >= 0.6 is 0 Å². The van der Waals surface area contributed by atoms with Crippen LogP contribution in [0.3, 0.4) is 0 Å². The van der Waals surface area contributed by atoms with E-state index in [9.17, 15) is 14.7 Å². The van der Waals surface area contributed by atoms with Crippen LogP contribution < -0.4 is 5.32 Å². The molecule has 2 N–H and O–H groups in total. The van der Waals surface area contributed by atoms with Gasteiger partial charge in [-0.15, -0.1) is 0 Å². The minimum Gasteiger partial charge on any atom is -0.387 e. The van der Waals surface area contributed by atoms with Gasteiger partial charge in [0.05, 0.1) is 17.4 Å². The minimum absolute atomic E-state index is 0.0214.